The van der Waals surface area contributed by atoms with E-state index in [0.29, 0.717) is 22.7 Å². The molecule has 0 fully saturated rings. The average Bonchev–Trinajstić information content (AvgIpc) is 2.28. The van der Waals surface area contributed by atoms with Gasteiger partial charge >= 0.3 is 5.97 Å². The molecule has 0 saturated heterocycles. The lowest BCUT2D eigenvalue weighted by Crippen LogP contribution is -2.28. The quantitative estimate of drug-likeness (QED) is 0.863. The van der Waals surface area contributed by atoms with Crippen molar-refractivity contribution >= 4 is 23.3 Å². The van der Waals surface area contributed by atoms with Gasteiger partial charge in [0.05, 0.1) is 17.7 Å². The number of nitrogens with one attached hydrogen (secondary N) is 1. The van der Waals surface area contributed by atoms with Crippen LogP contribution in [0, 0.1) is 16.7 Å². The molecule has 0 heterocycles. The molecule has 4 nitrogen and oxygen atoms in total. The number of benzene rings is 1. The SMILES string of the molecule is CC(C)(C)CC(CC(=O)O)Nc1ccc(Cl)cc1C#N. The highest BCUT2D eigenvalue weighted by Crippen LogP contribution is 2.27. The summed E-state index contributed by atoms with van der Waals surface area (Å²) in [5.41, 5.74) is 1.03. The minimum atomic E-state index is -0.862. The minimum Gasteiger partial charge on any atom is -0.481 e. The maximum Gasteiger partial charge on any atom is 0.305 e. The van der Waals surface area contributed by atoms with E-state index in [1.165, 1.54) is 0 Å². The van der Waals surface area contributed by atoms with Gasteiger partial charge in [-0.15, -0.1) is 0 Å². The van der Waals surface area contributed by atoms with Crippen LogP contribution in [0.3, 0.4) is 0 Å². The first-order valence-corrected chi connectivity index (χ1v) is 6.77. The molecule has 0 radical (unpaired) electrons. The van der Waals surface area contributed by atoms with E-state index in [2.05, 4.69) is 32.2 Å². The predicted octanol–water partition coefficient (Wildman–Crippen LogP) is 3.90. The molecule has 0 aliphatic heterocycles. The number of carboxylic acids is 1. The van der Waals surface area contributed by atoms with Gasteiger partial charge in [0.25, 0.3) is 0 Å². The molecule has 0 spiro atoms. The van der Waals surface area contributed by atoms with E-state index in [4.69, 9.17) is 22.0 Å². The zero-order valence-corrected chi connectivity index (χ0v) is 12.7. The second-order valence-electron chi connectivity index (χ2n) is 6.01. The van der Waals surface area contributed by atoms with Gasteiger partial charge in [0.15, 0.2) is 0 Å². The molecule has 0 amide bonds. The Morgan fingerprint density at radius 1 is 1.50 bits per heavy atom. The number of hydrogen-bond donors (Lipinski definition) is 2. The lowest BCUT2D eigenvalue weighted by Gasteiger charge is -2.27. The van der Waals surface area contributed by atoms with Crippen LogP contribution in [0.1, 0.15) is 39.2 Å². The van der Waals surface area contributed by atoms with E-state index in [1.807, 2.05) is 0 Å². The number of aliphatic carboxylic acids is 1. The molecule has 1 aromatic rings. The molecule has 1 unspecified atom stereocenters. The van der Waals surface area contributed by atoms with Crippen LogP contribution < -0.4 is 5.32 Å². The molecule has 108 valence electrons. The summed E-state index contributed by atoms with van der Waals surface area (Å²) in [5, 5.41) is 21.7. The van der Waals surface area contributed by atoms with E-state index >= 15 is 0 Å². The Balaban J connectivity index is 2.95. The maximum absolute atomic E-state index is 11.0. The standard InChI is InChI=1S/C15H19ClN2O2/c1-15(2,3)8-12(7-14(19)20)18-13-5-4-11(16)6-10(13)9-17/h4-6,12,18H,7-8H2,1-3H3,(H,19,20). The van der Waals surface area contributed by atoms with Crippen molar-refractivity contribution in [3.05, 3.63) is 28.8 Å². The average molecular weight is 295 g/mol. The van der Waals surface area contributed by atoms with Crippen LogP contribution in [0.15, 0.2) is 18.2 Å². The van der Waals surface area contributed by atoms with Crippen molar-refractivity contribution in [3.63, 3.8) is 0 Å². The Kier molecular flexibility index (Phi) is 5.41. The van der Waals surface area contributed by atoms with E-state index in [-0.39, 0.29) is 17.9 Å². The normalized spacial score (nSPS) is 12.6. The van der Waals surface area contributed by atoms with Crippen LogP contribution in [-0.2, 0) is 4.79 Å². The summed E-state index contributed by atoms with van der Waals surface area (Å²) in [6, 6.07) is 6.78. The van der Waals surface area contributed by atoms with Crippen LogP contribution >= 0.6 is 11.6 Å². The highest BCUT2D eigenvalue weighted by molar-refractivity contribution is 6.30. The Bertz CT molecular complexity index is 530. The molecule has 1 rings (SSSR count). The van der Waals surface area contributed by atoms with Crippen molar-refractivity contribution < 1.29 is 9.90 Å². The fraction of sp³-hybridized carbons (Fsp3) is 0.467. The minimum absolute atomic E-state index is 0.00473. The van der Waals surface area contributed by atoms with Crippen LogP contribution in [-0.4, -0.2) is 17.1 Å². The van der Waals surface area contributed by atoms with Crippen LogP contribution in [0.5, 0.6) is 0 Å². The first kappa shape index (κ1) is 16.3. The number of nitrogens with zero attached hydrogens (tertiary/aromatic N) is 1. The van der Waals surface area contributed by atoms with Gasteiger partial charge in [-0.25, -0.2) is 0 Å². The summed E-state index contributed by atoms with van der Waals surface area (Å²) < 4.78 is 0. The third-order valence-corrected chi connectivity index (χ3v) is 2.98. The van der Waals surface area contributed by atoms with Crippen LogP contribution in [0.4, 0.5) is 5.69 Å². The van der Waals surface area contributed by atoms with Gasteiger partial charge in [-0.2, -0.15) is 5.26 Å². The van der Waals surface area contributed by atoms with Crippen molar-refractivity contribution in [1.82, 2.24) is 0 Å². The Morgan fingerprint density at radius 2 is 2.15 bits per heavy atom. The zero-order valence-electron chi connectivity index (χ0n) is 11.9. The number of rotatable bonds is 5. The second-order valence-corrected chi connectivity index (χ2v) is 6.44. The second kappa shape index (κ2) is 6.62. The van der Waals surface area contributed by atoms with Gasteiger partial charge in [-0.05, 0) is 30.0 Å². The molecular formula is C15H19ClN2O2. The molecular weight excluding hydrogens is 276 g/mol. The van der Waals surface area contributed by atoms with Crippen LogP contribution in [0.2, 0.25) is 5.02 Å². The van der Waals surface area contributed by atoms with Crippen molar-refractivity contribution in [2.24, 2.45) is 5.41 Å². The predicted molar refractivity (Wildman–Crippen MR) is 79.9 cm³/mol. The summed E-state index contributed by atoms with van der Waals surface area (Å²) >= 11 is 5.85. The van der Waals surface area contributed by atoms with Gasteiger partial charge < -0.3 is 10.4 Å². The summed E-state index contributed by atoms with van der Waals surface area (Å²) in [6.07, 6.45) is 0.692. The van der Waals surface area contributed by atoms with Gasteiger partial charge in [0.1, 0.15) is 6.07 Å². The molecule has 0 bridgehead atoms. The molecule has 2 N–H and O–H groups in total. The number of carbonyl (C=O) groups is 1. The fourth-order valence-electron chi connectivity index (χ4n) is 2.08. The number of nitriles is 1. The van der Waals surface area contributed by atoms with Gasteiger partial charge in [0, 0.05) is 11.1 Å². The molecule has 0 aliphatic rings. The van der Waals surface area contributed by atoms with Crippen molar-refractivity contribution in [1.29, 1.82) is 5.26 Å². The van der Waals surface area contributed by atoms with E-state index in [0.717, 1.165) is 0 Å². The Hall–Kier alpha value is -1.73. The molecule has 20 heavy (non-hydrogen) atoms. The Labute approximate surface area is 124 Å². The van der Waals surface area contributed by atoms with Crippen molar-refractivity contribution in [2.75, 3.05) is 5.32 Å². The number of carboxylic acid groups (broad SMARTS) is 1. The summed E-state index contributed by atoms with van der Waals surface area (Å²) in [4.78, 5) is 11.0. The zero-order chi connectivity index (χ0) is 15.3. The fourth-order valence-corrected chi connectivity index (χ4v) is 2.25. The first-order chi connectivity index (χ1) is 9.21. The van der Waals surface area contributed by atoms with E-state index < -0.39 is 5.97 Å². The number of halogens is 1. The smallest absolute Gasteiger partial charge is 0.305 e. The van der Waals surface area contributed by atoms with Crippen LogP contribution in [0.25, 0.3) is 0 Å². The van der Waals surface area contributed by atoms with E-state index in [1.54, 1.807) is 18.2 Å². The highest BCUT2D eigenvalue weighted by atomic mass is 35.5. The first-order valence-electron chi connectivity index (χ1n) is 6.39. The molecule has 1 atom stereocenters. The summed E-state index contributed by atoms with van der Waals surface area (Å²) in [6.45, 7) is 6.16. The maximum atomic E-state index is 11.0. The monoisotopic (exact) mass is 294 g/mol. The summed E-state index contributed by atoms with van der Waals surface area (Å²) in [5.74, 6) is -0.862. The van der Waals surface area contributed by atoms with Gasteiger partial charge in [0.2, 0.25) is 0 Å². The van der Waals surface area contributed by atoms with Crippen molar-refractivity contribution in [2.45, 2.75) is 39.7 Å². The molecule has 0 saturated carbocycles. The lowest BCUT2D eigenvalue weighted by atomic mass is 9.87. The Morgan fingerprint density at radius 3 is 2.65 bits per heavy atom. The third-order valence-electron chi connectivity index (χ3n) is 2.74. The summed E-state index contributed by atoms with van der Waals surface area (Å²) in [7, 11) is 0. The van der Waals surface area contributed by atoms with E-state index in [9.17, 15) is 4.79 Å². The van der Waals surface area contributed by atoms with Gasteiger partial charge in [-0.1, -0.05) is 32.4 Å². The topological polar surface area (TPSA) is 73.1 Å². The number of hydrogen-bond acceptors (Lipinski definition) is 3. The van der Waals surface area contributed by atoms with Crippen molar-refractivity contribution in [3.8, 4) is 6.07 Å². The molecule has 5 heteroatoms. The molecule has 0 aromatic heterocycles. The van der Waals surface area contributed by atoms with Gasteiger partial charge in [-0.3, -0.25) is 4.79 Å². The molecule has 0 aliphatic carbocycles. The lowest BCUT2D eigenvalue weighted by molar-refractivity contribution is -0.137. The third kappa shape index (κ3) is 5.50. The highest BCUT2D eigenvalue weighted by Gasteiger charge is 2.21. The largest absolute Gasteiger partial charge is 0.481 e. The number of anilines is 1. The molecule has 1 aromatic carbocycles.